The topological polar surface area (TPSA) is 69.0 Å². The minimum Gasteiger partial charge on any atom is -0.494 e. The van der Waals surface area contributed by atoms with Crippen molar-refractivity contribution in [2.45, 2.75) is 52.2 Å². The number of halogens is 1. The summed E-state index contributed by atoms with van der Waals surface area (Å²) in [5.41, 5.74) is 1.42. The van der Waals surface area contributed by atoms with Crippen LogP contribution in [0.1, 0.15) is 67.8 Å². The summed E-state index contributed by atoms with van der Waals surface area (Å²) < 4.78 is 18.4. The predicted octanol–water partition coefficient (Wildman–Crippen LogP) is 6.09. The van der Waals surface area contributed by atoms with Crippen molar-refractivity contribution in [1.29, 1.82) is 0 Å². The van der Waals surface area contributed by atoms with Crippen LogP contribution in [0.25, 0.3) is 11.0 Å². The molecule has 0 aliphatic carbocycles. The zero-order valence-electron chi connectivity index (χ0n) is 19.8. The van der Waals surface area contributed by atoms with Crippen LogP contribution in [0.15, 0.2) is 56.1 Å². The number of nitrogens with zero attached hydrogens (tertiary/aromatic N) is 1. The molecule has 1 aromatic heterocycles. The van der Waals surface area contributed by atoms with Gasteiger partial charge in [-0.2, -0.15) is 0 Å². The van der Waals surface area contributed by atoms with Gasteiger partial charge in [-0.15, -0.1) is 0 Å². The minimum atomic E-state index is -0.545. The molecule has 2 heterocycles. The highest BCUT2D eigenvalue weighted by Gasteiger charge is 2.42. The summed E-state index contributed by atoms with van der Waals surface area (Å²) in [5.74, 6) is 0.568. The molecule has 1 aliphatic rings. The maximum absolute atomic E-state index is 13.6. The number of hydrogen-bond acceptors (Lipinski definition) is 5. The van der Waals surface area contributed by atoms with Crippen LogP contribution in [-0.4, -0.2) is 36.7 Å². The van der Waals surface area contributed by atoms with Crippen molar-refractivity contribution in [2.24, 2.45) is 0 Å². The molecule has 0 saturated carbocycles. The molecule has 1 aliphatic heterocycles. The average Bonchev–Trinajstić information content (AvgIpc) is 3.09. The zero-order valence-corrected chi connectivity index (χ0v) is 21.4. The van der Waals surface area contributed by atoms with E-state index in [1.54, 1.807) is 23.1 Å². The quantitative estimate of drug-likeness (QED) is 0.298. The molecule has 1 amide bonds. The Morgan fingerprint density at radius 2 is 1.91 bits per heavy atom. The lowest BCUT2D eigenvalue weighted by molar-refractivity contribution is 0.0593. The molecule has 0 radical (unpaired) electrons. The number of rotatable bonds is 10. The van der Waals surface area contributed by atoms with E-state index in [2.05, 4.69) is 22.9 Å². The first kappa shape index (κ1) is 24.5. The number of hydrogen-bond donors (Lipinski definition) is 0. The van der Waals surface area contributed by atoms with E-state index < -0.39 is 6.04 Å². The average molecular weight is 528 g/mol. The molecule has 2 aromatic carbocycles. The van der Waals surface area contributed by atoms with Gasteiger partial charge in [0, 0.05) is 17.6 Å². The number of carbonyl (C=O) groups excluding carboxylic acids is 1. The summed E-state index contributed by atoms with van der Waals surface area (Å²) in [4.78, 5) is 28.8. The molecule has 0 spiro atoms. The van der Waals surface area contributed by atoms with Gasteiger partial charge in [0.1, 0.15) is 11.3 Å². The van der Waals surface area contributed by atoms with Crippen molar-refractivity contribution in [3.63, 3.8) is 0 Å². The van der Waals surface area contributed by atoms with Crippen molar-refractivity contribution >= 4 is 32.8 Å². The van der Waals surface area contributed by atoms with Crippen molar-refractivity contribution in [3.8, 4) is 5.75 Å². The molecule has 4 rings (SSSR count). The van der Waals surface area contributed by atoms with Crippen molar-refractivity contribution < 1.29 is 18.7 Å². The zero-order chi connectivity index (χ0) is 24.2. The number of benzene rings is 2. The summed E-state index contributed by atoms with van der Waals surface area (Å²) in [7, 11) is 0. The first-order valence-electron chi connectivity index (χ1n) is 11.8. The summed E-state index contributed by atoms with van der Waals surface area (Å²) >= 11 is 3.44. The Balaban J connectivity index is 1.77. The predicted molar refractivity (Wildman–Crippen MR) is 136 cm³/mol. The van der Waals surface area contributed by atoms with E-state index >= 15 is 0 Å². The van der Waals surface area contributed by atoms with Crippen LogP contribution < -0.4 is 10.2 Å². The monoisotopic (exact) mass is 527 g/mol. The fraction of sp³-hybridized carbons (Fsp3) is 0.407. The molecule has 0 saturated heterocycles. The maximum atomic E-state index is 13.6. The highest BCUT2D eigenvalue weighted by Crippen LogP contribution is 2.39. The standard InChI is InChI=1S/C27H30BrNO5/c1-4-5-13-33-20-9-6-8-18(15-20)24-23-25(30)21-16-19(28)10-11-22(21)34-26(23)27(31)29(24)12-7-14-32-17(2)3/h6,8-11,15-17,24H,4-5,7,12-14H2,1-3H3. The molecular weight excluding hydrogens is 498 g/mol. The van der Waals surface area contributed by atoms with E-state index in [9.17, 15) is 9.59 Å². The van der Waals surface area contributed by atoms with Crippen molar-refractivity contribution in [3.05, 3.63) is 74.0 Å². The molecule has 34 heavy (non-hydrogen) atoms. The Morgan fingerprint density at radius 1 is 1.09 bits per heavy atom. The molecule has 180 valence electrons. The van der Waals surface area contributed by atoms with Gasteiger partial charge in [-0.3, -0.25) is 9.59 Å². The second-order valence-corrected chi connectivity index (χ2v) is 9.68. The number of unbranched alkanes of at least 4 members (excludes halogenated alkanes) is 1. The summed E-state index contributed by atoms with van der Waals surface area (Å²) in [6.45, 7) is 7.68. The van der Waals surface area contributed by atoms with E-state index in [0.717, 1.165) is 28.6 Å². The molecule has 6 nitrogen and oxygen atoms in total. The lowest BCUT2D eigenvalue weighted by atomic mass is 9.98. The lowest BCUT2D eigenvalue weighted by Crippen LogP contribution is -2.31. The van der Waals surface area contributed by atoms with Gasteiger partial charge in [0.2, 0.25) is 5.76 Å². The number of ether oxygens (including phenoxy) is 2. The Kier molecular flexibility index (Phi) is 7.73. The van der Waals surface area contributed by atoms with Crippen molar-refractivity contribution in [1.82, 2.24) is 4.90 Å². The van der Waals surface area contributed by atoms with Crippen LogP contribution in [0, 0.1) is 0 Å². The van der Waals surface area contributed by atoms with Crippen LogP contribution >= 0.6 is 15.9 Å². The highest BCUT2D eigenvalue weighted by atomic mass is 79.9. The van der Waals surface area contributed by atoms with Gasteiger partial charge in [0.05, 0.1) is 29.7 Å². The molecule has 3 aromatic rings. The second-order valence-electron chi connectivity index (χ2n) is 8.76. The van der Waals surface area contributed by atoms with Gasteiger partial charge in [-0.05, 0) is 62.6 Å². The molecule has 0 fully saturated rings. The molecule has 1 atom stereocenters. The van der Waals surface area contributed by atoms with Gasteiger partial charge < -0.3 is 18.8 Å². The molecule has 1 unspecified atom stereocenters. The molecular formula is C27H30BrNO5. The SMILES string of the molecule is CCCCOc1cccc(C2c3c(oc4ccc(Br)cc4c3=O)C(=O)N2CCCOC(C)C)c1. The summed E-state index contributed by atoms with van der Waals surface area (Å²) in [5, 5.41) is 0.450. The Bertz CT molecular complexity index is 1240. The molecule has 7 heteroatoms. The van der Waals surface area contributed by atoms with Crippen LogP contribution in [0.2, 0.25) is 0 Å². The number of fused-ring (bicyclic) bond motifs is 2. The Morgan fingerprint density at radius 3 is 2.68 bits per heavy atom. The Hall–Kier alpha value is -2.64. The first-order valence-corrected chi connectivity index (χ1v) is 12.6. The molecule has 0 N–H and O–H groups in total. The number of carbonyl (C=O) groups is 1. The molecule has 0 bridgehead atoms. The summed E-state index contributed by atoms with van der Waals surface area (Å²) in [6.07, 6.45) is 2.77. The van der Waals surface area contributed by atoms with E-state index in [-0.39, 0.29) is 23.2 Å². The van der Waals surface area contributed by atoms with Crippen LogP contribution in [0.4, 0.5) is 0 Å². The van der Waals surface area contributed by atoms with Gasteiger partial charge in [0.15, 0.2) is 5.43 Å². The third-order valence-corrected chi connectivity index (χ3v) is 6.36. The lowest BCUT2D eigenvalue weighted by Gasteiger charge is -2.25. The number of amides is 1. The van der Waals surface area contributed by atoms with E-state index in [4.69, 9.17) is 13.9 Å². The van der Waals surface area contributed by atoms with Crippen molar-refractivity contribution in [2.75, 3.05) is 19.8 Å². The largest absolute Gasteiger partial charge is 0.494 e. The fourth-order valence-electron chi connectivity index (χ4n) is 4.23. The van der Waals surface area contributed by atoms with Crippen LogP contribution in [-0.2, 0) is 4.74 Å². The fourth-order valence-corrected chi connectivity index (χ4v) is 4.59. The van der Waals surface area contributed by atoms with E-state index in [1.165, 1.54) is 0 Å². The maximum Gasteiger partial charge on any atom is 0.290 e. The van der Waals surface area contributed by atoms with Gasteiger partial charge in [0.25, 0.3) is 5.91 Å². The van der Waals surface area contributed by atoms with Gasteiger partial charge in [-0.1, -0.05) is 41.4 Å². The van der Waals surface area contributed by atoms with Crippen LogP contribution in [0.5, 0.6) is 5.75 Å². The third kappa shape index (κ3) is 5.05. The van der Waals surface area contributed by atoms with Crippen LogP contribution in [0.3, 0.4) is 0 Å². The first-order chi connectivity index (χ1) is 16.4. The normalized spacial score (nSPS) is 15.4. The smallest absolute Gasteiger partial charge is 0.290 e. The third-order valence-electron chi connectivity index (χ3n) is 5.86. The minimum absolute atomic E-state index is 0.117. The van der Waals surface area contributed by atoms with Gasteiger partial charge >= 0.3 is 0 Å². The Labute approximate surface area is 208 Å². The highest BCUT2D eigenvalue weighted by molar-refractivity contribution is 9.10. The second kappa shape index (κ2) is 10.7. The van der Waals surface area contributed by atoms with E-state index in [0.29, 0.717) is 42.7 Å². The summed E-state index contributed by atoms with van der Waals surface area (Å²) in [6, 6.07) is 12.4. The van der Waals surface area contributed by atoms with Gasteiger partial charge in [-0.25, -0.2) is 0 Å². The van der Waals surface area contributed by atoms with E-state index in [1.807, 2.05) is 38.1 Å².